The molecule has 13 rings (SSSR count). The molecule has 0 N–H and O–H groups in total. The van der Waals surface area contributed by atoms with E-state index in [0.717, 1.165) is 116 Å². The lowest BCUT2D eigenvalue weighted by Gasteiger charge is -2.16. The zero-order chi connectivity index (χ0) is 42.3. The number of hydrogen-bond donors (Lipinski definition) is 0. The van der Waals surface area contributed by atoms with Gasteiger partial charge in [0.05, 0.1) is 27.8 Å². The number of furan rings is 1. The van der Waals surface area contributed by atoms with E-state index < -0.39 is 0 Å². The van der Waals surface area contributed by atoms with E-state index in [1.807, 2.05) is 6.07 Å². The Labute approximate surface area is 368 Å². The first-order chi connectivity index (χ1) is 31.7. The first kappa shape index (κ1) is 36.1. The lowest BCUT2D eigenvalue weighted by atomic mass is 9.96. The normalized spacial score (nSPS) is 13.8. The smallest absolute Gasteiger partial charge is 0.235 e. The molecule has 1 aliphatic carbocycles. The SMILES string of the molecule is C=C1/C=C\C=C/Cc2c(oc3ccccc23)-c2c1c1cc(-c3ccccc3)ccc1n2-c1nc(-c2ccc3c(c2)c2ccccc2n3-c2ccccc2)c2c(ccc3ccccc32)n1. The summed E-state index contributed by atoms with van der Waals surface area (Å²) < 4.78 is 11.6. The van der Waals surface area contributed by atoms with Gasteiger partial charge in [0.2, 0.25) is 5.95 Å². The molecule has 0 radical (unpaired) electrons. The van der Waals surface area contributed by atoms with Crippen LogP contribution in [0.1, 0.15) is 11.1 Å². The largest absolute Gasteiger partial charge is 0.454 e. The van der Waals surface area contributed by atoms with E-state index in [1.54, 1.807) is 0 Å². The second-order valence-electron chi connectivity index (χ2n) is 16.6. The van der Waals surface area contributed by atoms with Crippen molar-refractivity contribution in [3.63, 3.8) is 0 Å². The van der Waals surface area contributed by atoms with Gasteiger partial charge in [-0.15, -0.1) is 0 Å². The molecule has 0 saturated heterocycles. The lowest BCUT2D eigenvalue weighted by Crippen LogP contribution is -2.06. The maximum atomic E-state index is 7.01. The highest BCUT2D eigenvalue weighted by atomic mass is 16.3. The molecular formula is C59H38N4O. The van der Waals surface area contributed by atoms with Gasteiger partial charge in [-0.2, -0.15) is 0 Å². The summed E-state index contributed by atoms with van der Waals surface area (Å²) in [5, 5.41) is 7.71. The monoisotopic (exact) mass is 818 g/mol. The van der Waals surface area contributed by atoms with Crippen LogP contribution in [-0.2, 0) is 6.42 Å². The van der Waals surface area contributed by atoms with E-state index >= 15 is 0 Å². The van der Waals surface area contributed by atoms with Crippen molar-refractivity contribution in [2.24, 2.45) is 0 Å². The summed E-state index contributed by atoms with van der Waals surface area (Å²) in [5.74, 6) is 1.34. The summed E-state index contributed by atoms with van der Waals surface area (Å²) in [6.45, 7) is 4.72. The predicted molar refractivity (Wildman–Crippen MR) is 265 cm³/mol. The summed E-state index contributed by atoms with van der Waals surface area (Å²) in [6.07, 6.45) is 9.17. The molecule has 4 heterocycles. The summed E-state index contributed by atoms with van der Waals surface area (Å²) >= 11 is 0. The Morgan fingerprint density at radius 1 is 0.516 bits per heavy atom. The zero-order valence-corrected chi connectivity index (χ0v) is 34.7. The highest BCUT2D eigenvalue weighted by Gasteiger charge is 2.29. The van der Waals surface area contributed by atoms with Crippen molar-refractivity contribution in [2.75, 3.05) is 0 Å². The van der Waals surface area contributed by atoms with Crippen LogP contribution in [0.4, 0.5) is 0 Å². The number of allylic oxidation sites excluding steroid dienone is 5. The third-order valence-electron chi connectivity index (χ3n) is 12.9. The number of aromatic nitrogens is 4. The summed E-state index contributed by atoms with van der Waals surface area (Å²) in [5.41, 5.74) is 14.0. The van der Waals surface area contributed by atoms with Crippen LogP contribution in [0.3, 0.4) is 0 Å². The van der Waals surface area contributed by atoms with Gasteiger partial charge in [0.15, 0.2) is 5.76 Å². The lowest BCUT2D eigenvalue weighted by molar-refractivity contribution is 0.623. The van der Waals surface area contributed by atoms with E-state index in [0.29, 0.717) is 12.4 Å². The van der Waals surface area contributed by atoms with E-state index in [1.165, 1.54) is 5.39 Å². The van der Waals surface area contributed by atoms with Crippen molar-refractivity contribution in [2.45, 2.75) is 6.42 Å². The van der Waals surface area contributed by atoms with Crippen molar-refractivity contribution in [3.8, 4) is 45.5 Å². The highest BCUT2D eigenvalue weighted by Crippen LogP contribution is 2.46. The van der Waals surface area contributed by atoms with Crippen molar-refractivity contribution in [1.29, 1.82) is 0 Å². The fourth-order valence-electron chi connectivity index (χ4n) is 10.0. The van der Waals surface area contributed by atoms with Crippen molar-refractivity contribution < 1.29 is 4.42 Å². The summed E-state index contributed by atoms with van der Waals surface area (Å²) in [6, 6.07) is 64.5. The molecule has 0 atom stereocenters. The zero-order valence-electron chi connectivity index (χ0n) is 34.7. The fraction of sp³-hybridized carbons (Fsp3) is 0.0169. The Morgan fingerprint density at radius 2 is 1.20 bits per heavy atom. The predicted octanol–water partition coefficient (Wildman–Crippen LogP) is 15.3. The van der Waals surface area contributed by atoms with Gasteiger partial charge >= 0.3 is 0 Å². The average molecular weight is 819 g/mol. The minimum atomic E-state index is 0.555. The fourth-order valence-corrected chi connectivity index (χ4v) is 10.0. The molecule has 4 aromatic heterocycles. The first-order valence-electron chi connectivity index (χ1n) is 21.7. The first-order valence-corrected chi connectivity index (χ1v) is 21.7. The van der Waals surface area contributed by atoms with Crippen molar-refractivity contribution >= 4 is 70.9 Å². The third kappa shape index (κ3) is 5.51. The van der Waals surface area contributed by atoms with E-state index in [9.17, 15) is 0 Å². The van der Waals surface area contributed by atoms with Gasteiger partial charge < -0.3 is 8.98 Å². The standard InChI is InChI=1S/C59H38N4O/c1-37-17-5-2-10-26-46-45-25-14-16-28-53(45)64-58(46)57-54(37)48-35-40(38-18-6-3-7-19-38)30-33-52(48)63(57)59-60-49-32-29-39-20-11-12-23-43(39)55(49)56(61-59)41-31-34-51-47(36-41)44-24-13-15-27-50(44)62(51)42-21-8-4-9-22-42/h2-25,27-36H,1,26H2/b10-2-,17-5-. The van der Waals surface area contributed by atoms with Crippen LogP contribution in [0.15, 0.2) is 217 Å². The summed E-state index contributed by atoms with van der Waals surface area (Å²) in [7, 11) is 0. The van der Waals surface area contributed by atoms with Crippen molar-refractivity contribution in [3.05, 3.63) is 224 Å². The number of benzene rings is 8. The Hall–Kier alpha value is -8.54. The number of hydrogen-bond acceptors (Lipinski definition) is 3. The highest BCUT2D eigenvalue weighted by molar-refractivity contribution is 6.15. The Kier molecular flexibility index (Phi) is 8.06. The van der Waals surface area contributed by atoms with Crippen LogP contribution in [0.2, 0.25) is 0 Å². The second-order valence-corrected chi connectivity index (χ2v) is 16.6. The Balaban J connectivity index is 1.16. The van der Waals surface area contributed by atoms with Crippen LogP contribution >= 0.6 is 0 Å². The van der Waals surface area contributed by atoms with Gasteiger partial charge in [-0.1, -0.05) is 158 Å². The second kappa shape index (κ2) is 14.3. The van der Waals surface area contributed by atoms with Crippen LogP contribution in [-0.4, -0.2) is 19.1 Å². The molecule has 0 aliphatic heterocycles. The molecule has 0 spiro atoms. The maximum Gasteiger partial charge on any atom is 0.235 e. The Morgan fingerprint density at radius 3 is 2.06 bits per heavy atom. The molecule has 5 nitrogen and oxygen atoms in total. The quantitative estimate of drug-likeness (QED) is 0.166. The molecule has 0 saturated carbocycles. The van der Waals surface area contributed by atoms with E-state index in [4.69, 9.17) is 21.0 Å². The van der Waals surface area contributed by atoms with Crippen LogP contribution in [0.5, 0.6) is 0 Å². The Bertz CT molecular complexity index is 3940. The van der Waals surface area contributed by atoms with E-state index in [-0.39, 0.29) is 0 Å². The molecule has 1 aliphatic rings. The topological polar surface area (TPSA) is 48.8 Å². The van der Waals surface area contributed by atoms with Gasteiger partial charge in [0.25, 0.3) is 0 Å². The average Bonchev–Trinajstić information content (AvgIpc) is 4.01. The minimum absolute atomic E-state index is 0.555. The van der Waals surface area contributed by atoms with Gasteiger partial charge in [-0.3, -0.25) is 4.57 Å². The van der Waals surface area contributed by atoms with Crippen molar-refractivity contribution in [1.82, 2.24) is 19.1 Å². The van der Waals surface area contributed by atoms with Gasteiger partial charge in [-0.25, -0.2) is 9.97 Å². The molecular weight excluding hydrogens is 781 g/mol. The number of fused-ring (bicyclic) bond motifs is 13. The molecule has 300 valence electrons. The molecule has 64 heavy (non-hydrogen) atoms. The number of nitrogens with zero attached hydrogens (tertiary/aromatic N) is 4. The molecule has 8 aromatic carbocycles. The number of para-hydroxylation sites is 3. The molecule has 0 fully saturated rings. The third-order valence-corrected chi connectivity index (χ3v) is 12.9. The van der Waals surface area contributed by atoms with Crippen LogP contribution in [0.25, 0.3) is 116 Å². The molecule has 0 amide bonds. The minimum Gasteiger partial charge on any atom is -0.454 e. The molecule has 5 heteroatoms. The van der Waals surface area contributed by atoms with E-state index in [2.05, 4.69) is 209 Å². The molecule has 0 bridgehead atoms. The van der Waals surface area contributed by atoms with Gasteiger partial charge in [-0.05, 0) is 88.5 Å². The molecule has 12 aromatic rings. The molecule has 0 unspecified atom stereocenters. The van der Waals surface area contributed by atoms with Gasteiger partial charge in [0, 0.05) is 49.3 Å². The van der Waals surface area contributed by atoms with Crippen LogP contribution in [0, 0.1) is 0 Å². The van der Waals surface area contributed by atoms with Crippen LogP contribution < -0.4 is 0 Å². The summed E-state index contributed by atoms with van der Waals surface area (Å²) in [4.78, 5) is 11.3. The number of rotatable bonds is 4. The maximum absolute atomic E-state index is 7.01. The van der Waals surface area contributed by atoms with Gasteiger partial charge in [0.1, 0.15) is 11.3 Å².